The third kappa shape index (κ3) is 5.29. The fourth-order valence-electron chi connectivity index (χ4n) is 1.60. The lowest BCUT2D eigenvalue weighted by Gasteiger charge is -2.09. The maximum absolute atomic E-state index is 11.9. The van der Waals surface area contributed by atoms with Crippen LogP contribution in [0.4, 0.5) is 5.69 Å². The lowest BCUT2D eigenvalue weighted by Crippen LogP contribution is -2.30. The topological polar surface area (TPSA) is 91.2 Å². The van der Waals surface area contributed by atoms with Gasteiger partial charge in [-0.1, -0.05) is 6.07 Å². The van der Waals surface area contributed by atoms with Gasteiger partial charge in [0.15, 0.2) is 5.57 Å². The van der Waals surface area contributed by atoms with Crippen molar-refractivity contribution in [2.45, 2.75) is 26.8 Å². The number of rotatable bonds is 6. The number of carbonyl (C=O) groups is 2. The molecule has 1 aromatic carbocycles. The standard InChI is InChI=1S/C16H19N3O3/c1-4-22-16(21)13(9-17)10-18-14-7-5-6-12(8-14)15(20)19-11(2)3/h5-8,10-11,18H,4H2,1-3H3,(H,19,20)/b13-10+. The molecule has 0 aromatic heterocycles. The van der Waals surface area contributed by atoms with Crippen molar-refractivity contribution in [1.29, 1.82) is 5.26 Å². The molecule has 0 aliphatic rings. The van der Waals surface area contributed by atoms with Crippen LogP contribution in [0, 0.1) is 11.3 Å². The number of anilines is 1. The summed E-state index contributed by atoms with van der Waals surface area (Å²) in [5.41, 5.74) is 0.939. The van der Waals surface area contributed by atoms with Crippen LogP contribution in [0.3, 0.4) is 0 Å². The molecule has 0 saturated carbocycles. The summed E-state index contributed by atoms with van der Waals surface area (Å²) in [5, 5.41) is 14.5. The second kappa shape index (κ2) is 8.47. The Bertz CT molecular complexity index is 615. The molecule has 0 saturated heterocycles. The molecule has 116 valence electrons. The molecule has 0 heterocycles. The first kappa shape index (κ1) is 17.2. The Balaban J connectivity index is 2.84. The van der Waals surface area contributed by atoms with E-state index >= 15 is 0 Å². The fraction of sp³-hybridized carbons (Fsp3) is 0.312. The van der Waals surface area contributed by atoms with Crippen LogP contribution in [0.2, 0.25) is 0 Å². The summed E-state index contributed by atoms with van der Waals surface area (Å²) in [6, 6.07) is 8.56. The quantitative estimate of drug-likeness (QED) is 0.477. The molecule has 0 aliphatic heterocycles. The number of nitrogens with one attached hydrogen (secondary N) is 2. The molecule has 1 rings (SSSR count). The highest BCUT2D eigenvalue weighted by atomic mass is 16.5. The first-order chi connectivity index (χ1) is 10.5. The highest BCUT2D eigenvalue weighted by molar-refractivity contribution is 5.95. The largest absolute Gasteiger partial charge is 0.462 e. The van der Waals surface area contributed by atoms with Gasteiger partial charge in [-0.2, -0.15) is 5.26 Å². The van der Waals surface area contributed by atoms with E-state index in [4.69, 9.17) is 10.00 Å². The molecule has 2 N–H and O–H groups in total. The molecule has 0 radical (unpaired) electrons. The zero-order valence-corrected chi connectivity index (χ0v) is 12.8. The minimum Gasteiger partial charge on any atom is -0.462 e. The number of ether oxygens (including phenoxy) is 1. The molecule has 0 spiro atoms. The molecule has 0 aliphatic carbocycles. The number of benzene rings is 1. The molecule has 1 amide bonds. The summed E-state index contributed by atoms with van der Waals surface area (Å²) < 4.78 is 4.76. The Labute approximate surface area is 129 Å². The number of amides is 1. The zero-order chi connectivity index (χ0) is 16.5. The molecule has 0 atom stereocenters. The van der Waals surface area contributed by atoms with Crippen molar-refractivity contribution >= 4 is 17.6 Å². The van der Waals surface area contributed by atoms with E-state index < -0.39 is 5.97 Å². The summed E-state index contributed by atoms with van der Waals surface area (Å²) in [4.78, 5) is 23.4. The monoisotopic (exact) mass is 301 g/mol. The molecular formula is C16H19N3O3. The van der Waals surface area contributed by atoms with E-state index in [1.165, 1.54) is 6.20 Å². The zero-order valence-electron chi connectivity index (χ0n) is 12.8. The lowest BCUT2D eigenvalue weighted by molar-refractivity contribution is -0.138. The van der Waals surface area contributed by atoms with Crippen molar-refractivity contribution in [2.75, 3.05) is 11.9 Å². The average molecular weight is 301 g/mol. The molecule has 0 bridgehead atoms. The maximum Gasteiger partial charge on any atom is 0.350 e. The van der Waals surface area contributed by atoms with Crippen LogP contribution in [-0.4, -0.2) is 24.5 Å². The predicted octanol–water partition coefficient (Wildman–Crippen LogP) is 2.21. The number of hydrogen-bond acceptors (Lipinski definition) is 5. The van der Waals surface area contributed by atoms with E-state index in [0.29, 0.717) is 11.3 Å². The fourth-order valence-corrected chi connectivity index (χ4v) is 1.60. The van der Waals surface area contributed by atoms with Crippen molar-refractivity contribution < 1.29 is 14.3 Å². The van der Waals surface area contributed by atoms with Crippen LogP contribution in [0.15, 0.2) is 36.0 Å². The average Bonchev–Trinajstić information content (AvgIpc) is 2.48. The van der Waals surface area contributed by atoms with E-state index in [1.54, 1.807) is 37.3 Å². The van der Waals surface area contributed by atoms with E-state index in [9.17, 15) is 9.59 Å². The van der Waals surface area contributed by atoms with Crippen LogP contribution >= 0.6 is 0 Å². The summed E-state index contributed by atoms with van der Waals surface area (Å²) in [7, 11) is 0. The first-order valence-corrected chi connectivity index (χ1v) is 6.92. The normalized spacial score (nSPS) is 10.8. The first-order valence-electron chi connectivity index (χ1n) is 6.92. The van der Waals surface area contributed by atoms with Gasteiger partial charge in [0, 0.05) is 23.5 Å². The number of nitrogens with zero attached hydrogens (tertiary/aromatic N) is 1. The summed E-state index contributed by atoms with van der Waals surface area (Å²) >= 11 is 0. The van der Waals surface area contributed by atoms with Gasteiger partial charge in [0.05, 0.1) is 6.61 Å². The number of esters is 1. The molecular weight excluding hydrogens is 282 g/mol. The van der Waals surface area contributed by atoms with Crippen molar-refractivity contribution in [3.63, 3.8) is 0 Å². The Morgan fingerprint density at radius 2 is 2.14 bits per heavy atom. The molecule has 0 unspecified atom stereocenters. The molecule has 1 aromatic rings. The number of carbonyl (C=O) groups excluding carboxylic acids is 2. The number of nitriles is 1. The van der Waals surface area contributed by atoms with Crippen molar-refractivity contribution in [1.82, 2.24) is 5.32 Å². The van der Waals surface area contributed by atoms with Crippen LogP contribution in [0.25, 0.3) is 0 Å². The van der Waals surface area contributed by atoms with Gasteiger partial charge in [0.1, 0.15) is 6.07 Å². The number of hydrogen-bond donors (Lipinski definition) is 2. The predicted molar refractivity (Wildman–Crippen MR) is 83.0 cm³/mol. The summed E-state index contributed by atoms with van der Waals surface area (Å²) in [5.74, 6) is -0.875. The van der Waals surface area contributed by atoms with E-state index in [0.717, 1.165) is 0 Å². The van der Waals surface area contributed by atoms with Gasteiger partial charge in [0.25, 0.3) is 5.91 Å². The Hall–Kier alpha value is -2.81. The molecule has 6 nitrogen and oxygen atoms in total. The van der Waals surface area contributed by atoms with Crippen LogP contribution in [0.1, 0.15) is 31.1 Å². The third-order valence-electron chi connectivity index (χ3n) is 2.54. The Morgan fingerprint density at radius 1 is 1.41 bits per heavy atom. The van der Waals surface area contributed by atoms with E-state index in [1.807, 2.05) is 13.8 Å². The van der Waals surface area contributed by atoms with Crippen LogP contribution in [0.5, 0.6) is 0 Å². The van der Waals surface area contributed by atoms with Gasteiger partial charge in [-0.15, -0.1) is 0 Å². The molecule has 6 heteroatoms. The third-order valence-corrected chi connectivity index (χ3v) is 2.54. The van der Waals surface area contributed by atoms with Crippen LogP contribution < -0.4 is 10.6 Å². The second-order valence-corrected chi connectivity index (χ2v) is 4.74. The highest BCUT2D eigenvalue weighted by Crippen LogP contribution is 2.11. The maximum atomic E-state index is 11.9. The Morgan fingerprint density at radius 3 is 2.73 bits per heavy atom. The van der Waals surface area contributed by atoms with Crippen molar-refractivity contribution in [2.24, 2.45) is 0 Å². The van der Waals surface area contributed by atoms with E-state index in [2.05, 4.69) is 10.6 Å². The van der Waals surface area contributed by atoms with Gasteiger partial charge in [-0.25, -0.2) is 4.79 Å². The molecule has 22 heavy (non-hydrogen) atoms. The van der Waals surface area contributed by atoms with Gasteiger partial charge < -0.3 is 15.4 Å². The van der Waals surface area contributed by atoms with Crippen molar-refractivity contribution in [3.05, 3.63) is 41.6 Å². The van der Waals surface area contributed by atoms with Gasteiger partial charge >= 0.3 is 5.97 Å². The minimum absolute atomic E-state index is 0.0398. The van der Waals surface area contributed by atoms with Gasteiger partial charge in [0.2, 0.25) is 0 Å². The SMILES string of the molecule is CCOC(=O)/C(C#N)=C/Nc1cccc(C(=O)NC(C)C)c1. The summed E-state index contributed by atoms with van der Waals surface area (Å²) in [6.45, 7) is 5.61. The molecule has 0 fully saturated rings. The van der Waals surface area contributed by atoms with Crippen molar-refractivity contribution in [3.8, 4) is 6.07 Å². The highest BCUT2D eigenvalue weighted by Gasteiger charge is 2.10. The Kier molecular flexibility index (Phi) is 6.64. The van der Waals surface area contributed by atoms with E-state index in [-0.39, 0.29) is 24.1 Å². The second-order valence-electron chi connectivity index (χ2n) is 4.74. The smallest absolute Gasteiger partial charge is 0.350 e. The van der Waals surface area contributed by atoms with Gasteiger partial charge in [-0.05, 0) is 39.0 Å². The lowest BCUT2D eigenvalue weighted by atomic mass is 10.1. The minimum atomic E-state index is -0.689. The van der Waals surface area contributed by atoms with Gasteiger partial charge in [-0.3, -0.25) is 4.79 Å². The summed E-state index contributed by atoms with van der Waals surface area (Å²) in [6.07, 6.45) is 1.26. The van der Waals surface area contributed by atoms with Crippen LogP contribution in [-0.2, 0) is 9.53 Å².